The number of benzene rings is 3. The van der Waals surface area contributed by atoms with E-state index in [1.54, 1.807) is 75.4 Å². The van der Waals surface area contributed by atoms with Gasteiger partial charge in [0.2, 0.25) is 0 Å². The van der Waals surface area contributed by atoms with Crippen LogP contribution in [0, 0.1) is 5.82 Å². The molecule has 46 heavy (non-hydrogen) atoms. The molecule has 1 aliphatic heterocycles. The van der Waals surface area contributed by atoms with E-state index in [0.717, 1.165) is 5.56 Å². The Morgan fingerprint density at radius 1 is 0.891 bits per heavy atom. The lowest BCUT2D eigenvalue weighted by Gasteiger charge is -2.24. The maximum absolute atomic E-state index is 13.9. The van der Waals surface area contributed by atoms with E-state index in [1.165, 1.54) is 28.0 Å². The molecule has 0 amide bonds. The third-order valence-corrected chi connectivity index (χ3v) is 8.11. The van der Waals surface area contributed by atoms with E-state index >= 15 is 0 Å². The molecule has 9 nitrogen and oxygen atoms in total. The van der Waals surface area contributed by atoms with Crippen LogP contribution in [-0.2, 0) is 20.9 Å². The van der Waals surface area contributed by atoms with Crippen molar-refractivity contribution in [2.24, 2.45) is 4.99 Å². The van der Waals surface area contributed by atoms with Crippen LogP contribution in [0.25, 0.3) is 6.08 Å². The molecule has 0 radical (unpaired) electrons. The van der Waals surface area contributed by atoms with Crippen molar-refractivity contribution in [3.8, 4) is 11.5 Å². The van der Waals surface area contributed by atoms with E-state index in [1.807, 2.05) is 13.0 Å². The number of thiazole rings is 1. The van der Waals surface area contributed by atoms with Gasteiger partial charge in [0, 0.05) is 0 Å². The van der Waals surface area contributed by atoms with Crippen molar-refractivity contribution in [2.45, 2.75) is 40.3 Å². The average molecular weight is 645 g/mol. The number of halogens is 1. The first kappa shape index (κ1) is 32.4. The Bertz CT molecular complexity index is 1960. The fourth-order valence-electron chi connectivity index (χ4n) is 5.02. The highest BCUT2D eigenvalue weighted by atomic mass is 32.1. The third kappa shape index (κ3) is 6.94. The molecular formula is C35H33FN2O7S. The summed E-state index contributed by atoms with van der Waals surface area (Å²) in [5.41, 5.74) is 2.87. The van der Waals surface area contributed by atoms with Crippen LogP contribution in [-0.4, -0.2) is 36.3 Å². The Morgan fingerprint density at radius 2 is 1.59 bits per heavy atom. The smallest absolute Gasteiger partial charge is 0.338 e. The number of hydrogen-bond acceptors (Lipinski definition) is 9. The molecule has 1 aromatic heterocycles. The number of allylic oxidation sites excluding steroid dienone is 1. The van der Waals surface area contributed by atoms with Crippen molar-refractivity contribution in [2.75, 3.05) is 19.8 Å². The first-order valence-electron chi connectivity index (χ1n) is 14.8. The second-order valence-electron chi connectivity index (χ2n) is 10.2. The first-order valence-corrected chi connectivity index (χ1v) is 15.7. The Hall–Kier alpha value is -5.03. The zero-order chi connectivity index (χ0) is 32.8. The van der Waals surface area contributed by atoms with Crippen molar-refractivity contribution >= 4 is 29.4 Å². The number of rotatable bonds is 11. The Kier molecular flexibility index (Phi) is 10.1. The lowest BCUT2D eigenvalue weighted by molar-refractivity contribution is -0.139. The van der Waals surface area contributed by atoms with Gasteiger partial charge in [0.05, 0.1) is 47.2 Å². The molecule has 0 N–H and O–H groups in total. The molecule has 0 saturated heterocycles. The minimum Gasteiger partial charge on any atom is -0.490 e. The summed E-state index contributed by atoms with van der Waals surface area (Å²) in [7, 11) is 0. The largest absolute Gasteiger partial charge is 0.490 e. The maximum atomic E-state index is 13.9. The molecule has 3 aromatic carbocycles. The molecule has 1 atom stereocenters. The van der Waals surface area contributed by atoms with Crippen LogP contribution >= 0.6 is 11.3 Å². The van der Waals surface area contributed by atoms with Gasteiger partial charge in [-0.2, -0.15) is 0 Å². The van der Waals surface area contributed by atoms with E-state index in [2.05, 4.69) is 4.99 Å². The molecule has 0 unspecified atom stereocenters. The van der Waals surface area contributed by atoms with Crippen molar-refractivity contribution in [1.82, 2.24) is 4.57 Å². The SMILES string of the molecule is CCOC(=O)C1=C(C)N=c2s/c(=C\c3ccc(OCc4ccc(C(=O)OCC)cc4)c(OCC)c3)c(=O)n2[C@@H]1c1ccc(F)cc1. The van der Waals surface area contributed by atoms with Gasteiger partial charge in [-0.25, -0.2) is 19.0 Å². The zero-order valence-electron chi connectivity index (χ0n) is 25.9. The fourth-order valence-corrected chi connectivity index (χ4v) is 6.06. The van der Waals surface area contributed by atoms with Crippen LogP contribution < -0.4 is 24.4 Å². The number of carbonyl (C=O) groups excluding carboxylic acids is 2. The molecule has 238 valence electrons. The van der Waals surface area contributed by atoms with E-state index < -0.39 is 17.8 Å². The quantitative estimate of drug-likeness (QED) is 0.210. The van der Waals surface area contributed by atoms with Crippen molar-refractivity contribution < 1.29 is 32.9 Å². The third-order valence-electron chi connectivity index (χ3n) is 7.13. The summed E-state index contributed by atoms with van der Waals surface area (Å²) >= 11 is 1.19. The van der Waals surface area contributed by atoms with Crippen LogP contribution in [0.5, 0.6) is 11.5 Å². The second kappa shape index (κ2) is 14.4. The highest BCUT2D eigenvalue weighted by molar-refractivity contribution is 7.07. The standard InChI is InChI=1S/C35H33FN2O7S/c1-5-42-28-18-23(10-17-27(28)45-20-22-8-11-25(12-9-22)33(40)43-6-2)19-29-32(39)38-31(24-13-15-26(36)16-14-24)30(34(41)44-7-3)21(4)37-35(38)46-29/h8-19,31H,5-7,20H2,1-4H3/b29-19-/t31-/m1/s1. The van der Waals surface area contributed by atoms with Crippen molar-refractivity contribution in [3.63, 3.8) is 0 Å². The summed E-state index contributed by atoms with van der Waals surface area (Å²) in [6, 6.07) is 17.2. The Balaban J connectivity index is 1.47. The number of nitrogens with zero attached hydrogens (tertiary/aromatic N) is 2. The first-order chi connectivity index (χ1) is 22.2. The Labute approximate surface area is 268 Å². The van der Waals surface area contributed by atoms with Gasteiger partial charge in [-0.05, 0) is 86.9 Å². The van der Waals surface area contributed by atoms with Crippen LogP contribution in [0.15, 0.2) is 87.8 Å². The molecule has 0 bridgehead atoms. The summed E-state index contributed by atoms with van der Waals surface area (Å²) in [5.74, 6) is -0.381. The lowest BCUT2D eigenvalue weighted by Crippen LogP contribution is -2.39. The van der Waals surface area contributed by atoms with Crippen LogP contribution in [0.1, 0.15) is 60.8 Å². The summed E-state index contributed by atoms with van der Waals surface area (Å²) < 4.78 is 37.9. The summed E-state index contributed by atoms with van der Waals surface area (Å²) in [6.45, 7) is 8.11. The zero-order valence-corrected chi connectivity index (χ0v) is 26.7. The van der Waals surface area contributed by atoms with Gasteiger partial charge in [-0.15, -0.1) is 0 Å². The van der Waals surface area contributed by atoms with Gasteiger partial charge in [0.25, 0.3) is 5.56 Å². The van der Waals surface area contributed by atoms with Gasteiger partial charge in [0.1, 0.15) is 12.4 Å². The highest BCUT2D eigenvalue weighted by Crippen LogP contribution is 2.32. The predicted octanol–water partition coefficient (Wildman–Crippen LogP) is 5.09. The van der Waals surface area contributed by atoms with E-state index in [4.69, 9.17) is 18.9 Å². The van der Waals surface area contributed by atoms with E-state index in [9.17, 15) is 18.8 Å². The number of carbonyl (C=O) groups is 2. The highest BCUT2D eigenvalue weighted by Gasteiger charge is 2.33. The monoisotopic (exact) mass is 644 g/mol. The van der Waals surface area contributed by atoms with Crippen molar-refractivity contribution in [1.29, 1.82) is 0 Å². The topological polar surface area (TPSA) is 105 Å². The molecule has 2 heterocycles. The Morgan fingerprint density at radius 3 is 2.26 bits per heavy atom. The number of fused-ring (bicyclic) bond motifs is 1. The average Bonchev–Trinajstić information content (AvgIpc) is 3.34. The minimum absolute atomic E-state index is 0.153. The predicted molar refractivity (Wildman–Crippen MR) is 171 cm³/mol. The van der Waals surface area contributed by atoms with Gasteiger partial charge in [0.15, 0.2) is 16.3 Å². The van der Waals surface area contributed by atoms with Crippen LogP contribution in [0.4, 0.5) is 4.39 Å². The van der Waals surface area contributed by atoms with Gasteiger partial charge >= 0.3 is 11.9 Å². The number of aromatic nitrogens is 1. The normalized spacial score (nSPS) is 14.4. The fraction of sp³-hybridized carbons (Fsp3) is 0.257. The number of hydrogen-bond donors (Lipinski definition) is 0. The van der Waals surface area contributed by atoms with Crippen LogP contribution in [0.2, 0.25) is 0 Å². The summed E-state index contributed by atoms with van der Waals surface area (Å²) in [4.78, 5) is 43.9. The molecule has 1 aliphatic rings. The molecule has 0 spiro atoms. The molecular weight excluding hydrogens is 611 g/mol. The number of ether oxygens (including phenoxy) is 4. The van der Waals surface area contributed by atoms with Gasteiger partial charge < -0.3 is 18.9 Å². The summed E-state index contributed by atoms with van der Waals surface area (Å²) in [6.07, 6.45) is 1.73. The molecule has 0 aliphatic carbocycles. The molecule has 11 heteroatoms. The maximum Gasteiger partial charge on any atom is 0.338 e. The van der Waals surface area contributed by atoms with Gasteiger partial charge in [-0.3, -0.25) is 9.36 Å². The van der Waals surface area contributed by atoms with E-state index in [0.29, 0.717) is 56.4 Å². The van der Waals surface area contributed by atoms with Crippen LogP contribution in [0.3, 0.4) is 0 Å². The minimum atomic E-state index is -0.834. The molecule has 0 fully saturated rings. The molecule has 4 aromatic rings. The lowest BCUT2D eigenvalue weighted by atomic mass is 9.96. The van der Waals surface area contributed by atoms with Gasteiger partial charge in [-0.1, -0.05) is 41.7 Å². The molecule has 0 saturated carbocycles. The molecule has 5 rings (SSSR count). The second-order valence-corrected chi connectivity index (χ2v) is 11.2. The van der Waals surface area contributed by atoms with E-state index in [-0.39, 0.29) is 30.3 Å². The summed E-state index contributed by atoms with van der Waals surface area (Å²) in [5, 5.41) is 0. The number of esters is 2. The van der Waals surface area contributed by atoms with Crippen molar-refractivity contribution in [3.05, 3.63) is 126 Å².